The van der Waals surface area contributed by atoms with Crippen molar-refractivity contribution >= 4 is 9.84 Å². The topological polar surface area (TPSA) is 57.6 Å². The lowest BCUT2D eigenvalue weighted by Gasteiger charge is -2.37. The molecule has 0 aromatic rings. The highest BCUT2D eigenvalue weighted by Crippen LogP contribution is 2.24. The van der Waals surface area contributed by atoms with E-state index in [1.54, 1.807) is 0 Å². The monoisotopic (exact) mass is 249 g/mol. The number of nitrogens with zero attached hydrogens (tertiary/aromatic N) is 1. The predicted molar refractivity (Wildman–Crippen MR) is 65.2 cm³/mol. The lowest BCUT2D eigenvalue weighted by molar-refractivity contribution is 0.117. The number of sulfone groups is 1. The van der Waals surface area contributed by atoms with Crippen LogP contribution in [0.3, 0.4) is 0 Å². The maximum absolute atomic E-state index is 11.0. The maximum atomic E-state index is 11.0. The predicted octanol–water partition coefficient (Wildman–Crippen LogP) is 0.658. The molecule has 5 heteroatoms. The Labute approximate surface area is 98.6 Å². The standard InChI is InChI=1S/C11H23NO3S/c1-16(14,15)10-4-8-12(7-3-9-13)11-5-2-6-11/h11,13H,2-10H2,1H3. The van der Waals surface area contributed by atoms with Gasteiger partial charge in [0.15, 0.2) is 0 Å². The van der Waals surface area contributed by atoms with Gasteiger partial charge in [0, 0.05) is 25.4 Å². The molecule has 0 atom stereocenters. The molecule has 0 bridgehead atoms. The zero-order chi connectivity index (χ0) is 12.0. The lowest BCUT2D eigenvalue weighted by Crippen LogP contribution is -2.41. The highest BCUT2D eigenvalue weighted by atomic mass is 32.2. The van der Waals surface area contributed by atoms with Gasteiger partial charge >= 0.3 is 0 Å². The molecule has 0 saturated heterocycles. The van der Waals surface area contributed by atoms with Gasteiger partial charge in [-0.3, -0.25) is 0 Å². The van der Waals surface area contributed by atoms with Crippen LogP contribution in [-0.2, 0) is 9.84 Å². The van der Waals surface area contributed by atoms with Gasteiger partial charge in [-0.15, -0.1) is 0 Å². The number of aliphatic hydroxyl groups excluding tert-OH is 1. The summed E-state index contributed by atoms with van der Waals surface area (Å²) in [5.74, 6) is 0.273. The molecule has 1 saturated carbocycles. The number of hydrogen-bond donors (Lipinski definition) is 1. The van der Waals surface area contributed by atoms with Gasteiger partial charge in [-0.1, -0.05) is 6.42 Å². The largest absolute Gasteiger partial charge is 0.396 e. The fraction of sp³-hybridized carbons (Fsp3) is 1.00. The van der Waals surface area contributed by atoms with E-state index >= 15 is 0 Å². The molecule has 0 spiro atoms. The third kappa shape index (κ3) is 5.27. The van der Waals surface area contributed by atoms with Crippen LogP contribution in [0.5, 0.6) is 0 Å². The molecule has 0 aromatic heterocycles. The van der Waals surface area contributed by atoms with Crippen molar-refractivity contribution < 1.29 is 13.5 Å². The first-order chi connectivity index (χ1) is 7.53. The van der Waals surface area contributed by atoms with Gasteiger partial charge in [0.2, 0.25) is 0 Å². The van der Waals surface area contributed by atoms with E-state index in [0.29, 0.717) is 12.5 Å². The van der Waals surface area contributed by atoms with E-state index in [1.165, 1.54) is 25.5 Å². The SMILES string of the molecule is CS(=O)(=O)CCCN(CCCO)C1CCC1. The normalized spacial score (nSPS) is 17.7. The molecule has 0 aliphatic heterocycles. The first-order valence-corrected chi connectivity index (χ1v) is 8.11. The Bertz CT molecular complexity index is 286. The minimum Gasteiger partial charge on any atom is -0.396 e. The molecule has 0 heterocycles. The van der Waals surface area contributed by atoms with Gasteiger partial charge < -0.3 is 10.0 Å². The van der Waals surface area contributed by atoms with Gasteiger partial charge in [0.05, 0.1) is 5.75 Å². The fourth-order valence-electron chi connectivity index (χ4n) is 2.03. The third-order valence-corrected chi connectivity index (χ3v) is 4.19. The summed E-state index contributed by atoms with van der Waals surface area (Å²) < 4.78 is 22.0. The summed E-state index contributed by atoms with van der Waals surface area (Å²) in [7, 11) is -2.83. The van der Waals surface area contributed by atoms with Crippen LogP contribution >= 0.6 is 0 Å². The first-order valence-electron chi connectivity index (χ1n) is 6.05. The molecule has 1 rings (SSSR count). The van der Waals surface area contributed by atoms with Crippen molar-refractivity contribution in [1.29, 1.82) is 0 Å². The lowest BCUT2D eigenvalue weighted by atomic mass is 9.91. The van der Waals surface area contributed by atoms with Gasteiger partial charge in [-0.05, 0) is 32.2 Å². The van der Waals surface area contributed by atoms with E-state index < -0.39 is 9.84 Å². The molecule has 0 radical (unpaired) electrons. The molecule has 0 unspecified atom stereocenters. The van der Waals surface area contributed by atoms with Crippen LogP contribution < -0.4 is 0 Å². The minimum absolute atomic E-state index is 0.218. The van der Waals surface area contributed by atoms with E-state index in [2.05, 4.69) is 4.90 Å². The molecule has 1 aliphatic rings. The zero-order valence-electron chi connectivity index (χ0n) is 10.1. The molecule has 1 N–H and O–H groups in total. The van der Waals surface area contributed by atoms with Crippen LogP contribution in [0.1, 0.15) is 32.1 Å². The number of rotatable bonds is 8. The van der Waals surface area contributed by atoms with Crippen molar-refractivity contribution in [2.75, 3.05) is 31.7 Å². The third-order valence-electron chi connectivity index (χ3n) is 3.15. The number of aliphatic hydroxyl groups is 1. The Hall–Kier alpha value is -0.130. The second kappa shape index (κ2) is 6.57. The van der Waals surface area contributed by atoms with Crippen molar-refractivity contribution in [3.05, 3.63) is 0 Å². The molecular formula is C11H23NO3S. The zero-order valence-corrected chi connectivity index (χ0v) is 10.9. The molecule has 96 valence electrons. The van der Waals surface area contributed by atoms with Crippen molar-refractivity contribution in [3.63, 3.8) is 0 Å². The molecule has 4 nitrogen and oxygen atoms in total. The average Bonchev–Trinajstić information content (AvgIpc) is 2.08. The second-order valence-corrected chi connectivity index (χ2v) is 6.94. The van der Waals surface area contributed by atoms with Gasteiger partial charge in [-0.2, -0.15) is 0 Å². The first kappa shape index (κ1) is 13.9. The van der Waals surface area contributed by atoms with E-state index in [1.807, 2.05) is 0 Å². The summed E-state index contributed by atoms with van der Waals surface area (Å²) in [5, 5.41) is 8.82. The van der Waals surface area contributed by atoms with Crippen LogP contribution in [0.2, 0.25) is 0 Å². The van der Waals surface area contributed by atoms with Crippen LogP contribution in [0.4, 0.5) is 0 Å². The molecule has 16 heavy (non-hydrogen) atoms. The summed E-state index contributed by atoms with van der Waals surface area (Å²) in [4.78, 5) is 2.34. The highest BCUT2D eigenvalue weighted by Gasteiger charge is 2.24. The van der Waals surface area contributed by atoms with Gasteiger partial charge in [-0.25, -0.2) is 8.42 Å². The van der Waals surface area contributed by atoms with Crippen LogP contribution in [-0.4, -0.2) is 56.2 Å². The Balaban J connectivity index is 2.26. The summed E-state index contributed by atoms with van der Waals surface area (Å²) in [6, 6.07) is 0.631. The van der Waals surface area contributed by atoms with Crippen LogP contribution in [0, 0.1) is 0 Å². The van der Waals surface area contributed by atoms with Gasteiger partial charge in [0.25, 0.3) is 0 Å². The van der Waals surface area contributed by atoms with E-state index in [-0.39, 0.29) is 12.4 Å². The Morgan fingerprint density at radius 3 is 2.31 bits per heavy atom. The van der Waals surface area contributed by atoms with Crippen molar-refractivity contribution in [2.24, 2.45) is 0 Å². The minimum atomic E-state index is -2.83. The number of hydrogen-bond acceptors (Lipinski definition) is 4. The summed E-state index contributed by atoms with van der Waals surface area (Å²) in [5.41, 5.74) is 0. The smallest absolute Gasteiger partial charge is 0.147 e. The van der Waals surface area contributed by atoms with Crippen LogP contribution in [0.25, 0.3) is 0 Å². The summed E-state index contributed by atoms with van der Waals surface area (Å²) in [6.07, 6.45) is 6.52. The molecule has 1 fully saturated rings. The molecule has 0 aromatic carbocycles. The van der Waals surface area contributed by atoms with E-state index in [0.717, 1.165) is 19.5 Å². The molecular weight excluding hydrogens is 226 g/mol. The Morgan fingerprint density at radius 1 is 1.25 bits per heavy atom. The maximum Gasteiger partial charge on any atom is 0.147 e. The highest BCUT2D eigenvalue weighted by molar-refractivity contribution is 7.90. The van der Waals surface area contributed by atoms with Gasteiger partial charge in [0.1, 0.15) is 9.84 Å². The van der Waals surface area contributed by atoms with E-state index in [4.69, 9.17) is 5.11 Å². The molecule has 1 aliphatic carbocycles. The average molecular weight is 249 g/mol. The molecule has 0 amide bonds. The Morgan fingerprint density at radius 2 is 1.88 bits per heavy atom. The van der Waals surface area contributed by atoms with Crippen molar-refractivity contribution in [1.82, 2.24) is 4.90 Å². The summed E-state index contributed by atoms with van der Waals surface area (Å²) in [6.45, 7) is 1.96. The van der Waals surface area contributed by atoms with Crippen molar-refractivity contribution in [3.8, 4) is 0 Å². The van der Waals surface area contributed by atoms with E-state index in [9.17, 15) is 8.42 Å². The Kier molecular flexibility index (Phi) is 5.72. The fourth-order valence-corrected chi connectivity index (χ4v) is 2.69. The summed E-state index contributed by atoms with van der Waals surface area (Å²) >= 11 is 0. The second-order valence-electron chi connectivity index (χ2n) is 4.68. The van der Waals surface area contributed by atoms with Crippen molar-refractivity contribution in [2.45, 2.75) is 38.1 Å². The van der Waals surface area contributed by atoms with Crippen LogP contribution in [0.15, 0.2) is 0 Å². The quantitative estimate of drug-likeness (QED) is 0.686.